The molecule has 6 rings (SSSR count). The number of nitrogens with one attached hydrogen (secondary N) is 1. The Kier molecular flexibility index (Phi) is 3.47. The number of fused-ring (bicyclic) bond motifs is 6. The molecule has 3 heterocycles. The van der Waals surface area contributed by atoms with E-state index in [1.54, 1.807) is 0 Å². The molecule has 0 fully saturated rings. The highest BCUT2D eigenvalue weighted by atomic mass is 15.3. The van der Waals surface area contributed by atoms with E-state index in [0.29, 0.717) is 0 Å². The molecule has 2 atom stereocenters. The fraction of sp³-hybridized carbons (Fsp3) is 0.192. The van der Waals surface area contributed by atoms with E-state index in [1.165, 1.54) is 27.8 Å². The van der Waals surface area contributed by atoms with Gasteiger partial charge in [-0.15, -0.1) is 0 Å². The van der Waals surface area contributed by atoms with Crippen LogP contribution in [0.4, 0.5) is 0 Å². The number of rotatable bonds is 1. The number of H-pyrrole nitrogens is 1. The minimum absolute atomic E-state index is 0.290. The molecule has 4 aromatic rings. The van der Waals surface area contributed by atoms with Gasteiger partial charge in [-0.1, -0.05) is 72.8 Å². The van der Waals surface area contributed by atoms with Gasteiger partial charge in [0.25, 0.3) is 6.04 Å². The summed E-state index contributed by atoms with van der Waals surface area (Å²) < 4.78 is 0. The number of benzene rings is 3. The average molecular weight is 375 g/mol. The first-order valence-electron chi connectivity index (χ1n) is 10.2. The smallest absolute Gasteiger partial charge is 0.276 e. The molecule has 1 aromatic heterocycles. The number of para-hydroxylation sites is 1. The maximum absolute atomic E-state index is 8.29. The van der Waals surface area contributed by atoms with Gasteiger partial charge in [0.2, 0.25) is 0 Å². The third kappa shape index (κ3) is 2.10. The molecule has 0 unspecified atom stereocenters. The summed E-state index contributed by atoms with van der Waals surface area (Å²) in [4.78, 5) is 10.6. The van der Waals surface area contributed by atoms with Crippen LogP contribution in [0.3, 0.4) is 0 Å². The van der Waals surface area contributed by atoms with Crippen LogP contribution in [0.15, 0.2) is 78.9 Å². The van der Waals surface area contributed by atoms with Gasteiger partial charge in [-0.3, -0.25) is 4.90 Å². The van der Waals surface area contributed by atoms with E-state index in [-0.39, 0.29) is 6.04 Å². The molecule has 0 amide bonds. The van der Waals surface area contributed by atoms with Crippen LogP contribution in [0.25, 0.3) is 15.7 Å². The zero-order valence-corrected chi connectivity index (χ0v) is 16.1. The third-order valence-corrected chi connectivity index (χ3v) is 6.77. The van der Waals surface area contributed by atoms with Crippen molar-refractivity contribution < 1.29 is 0 Å². The first kappa shape index (κ1) is 16.6. The van der Waals surface area contributed by atoms with Crippen molar-refractivity contribution in [2.75, 3.05) is 6.54 Å². The molecule has 0 saturated carbocycles. The molecule has 0 bridgehead atoms. The van der Waals surface area contributed by atoms with Gasteiger partial charge in [0, 0.05) is 29.6 Å². The summed E-state index contributed by atoms with van der Waals surface area (Å²) in [5.74, 6) is 0. The number of hydrogen-bond donors (Lipinski definition) is 1. The van der Waals surface area contributed by atoms with Crippen molar-refractivity contribution in [2.45, 2.75) is 24.5 Å². The highest BCUT2D eigenvalue weighted by molar-refractivity contribution is 5.86. The van der Waals surface area contributed by atoms with Crippen LogP contribution in [0.5, 0.6) is 0 Å². The predicted molar refractivity (Wildman–Crippen MR) is 115 cm³/mol. The van der Waals surface area contributed by atoms with Gasteiger partial charge in [0.1, 0.15) is 0 Å². The topological polar surface area (TPSA) is 23.4 Å². The van der Waals surface area contributed by atoms with Crippen LogP contribution in [0.1, 0.15) is 34.0 Å². The number of aromatic amines is 1. The molecule has 3 aromatic carbocycles. The van der Waals surface area contributed by atoms with Gasteiger partial charge >= 0.3 is 0 Å². The summed E-state index contributed by atoms with van der Waals surface area (Å²) in [7, 11) is 0. The summed E-state index contributed by atoms with van der Waals surface area (Å²) in [5, 5.41) is 1.29. The lowest BCUT2D eigenvalue weighted by Gasteiger charge is -2.50. The Balaban J connectivity index is 1.74. The van der Waals surface area contributed by atoms with Crippen molar-refractivity contribution in [3.8, 4) is 0 Å². The SMILES string of the molecule is [C-]#[N+][C@H]1c2ccccc2CN2CCc3c([nH]c4ccccc34)[C@@]12c1ccccc1. The molecular weight excluding hydrogens is 354 g/mol. The fourth-order valence-electron chi connectivity index (χ4n) is 5.60. The van der Waals surface area contributed by atoms with Crippen molar-refractivity contribution in [1.29, 1.82) is 0 Å². The first-order chi connectivity index (χ1) is 14.3. The fourth-order valence-corrected chi connectivity index (χ4v) is 5.60. The van der Waals surface area contributed by atoms with Crippen molar-refractivity contribution in [2.24, 2.45) is 0 Å². The second kappa shape index (κ2) is 6.07. The van der Waals surface area contributed by atoms with E-state index < -0.39 is 5.54 Å². The zero-order chi connectivity index (χ0) is 19.4. The van der Waals surface area contributed by atoms with Crippen molar-refractivity contribution in [3.63, 3.8) is 0 Å². The van der Waals surface area contributed by atoms with Gasteiger partial charge < -0.3 is 9.83 Å². The van der Waals surface area contributed by atoms with Gasteiger partial charge in [-0.25, -0.2) is 6.57 Å². The Bertz CT molecular complexity index is 1260. The van der Waals surface area contributed by atoms with Crippen LogP contribution in [-0.4, -0.2) is 16.4 Å². The van der Waals surface area contributed by atoms with Crippen LogP contribution in [-0.2, 0) is 18.5 Å². The summed E-state index contributed by atoms with van der Waals surface area (Å²) >= 11 is 0. The molecule has 2 aliphatic heterocycles. The number of hydrogen-bond acceptors (Lipinski definition) is 1. The van der Waals surface area contributed by atoms with E-state index in [1.807, 2.05) is 0 Å². The normalized spacial score (nSPS) is 23.1. The molecule has 0 saturated heterocycles. The largest absolute Gasteiger partial charge is 0.356 e. The van der Waals surface area contributed by atoms with Crippen LogP contribution in [0.2, 0.25) is 0 Å². The summed E-state index contributed by atoms with van der Waals surface area (Å²) in [5.41, 5.74) is 6.87. The lowest BCUT2D eigenvalue weighted by atomic mass is 9.69. The van der Waals surface area contributed by atoms with Gasteiger partial charge in [-0.05, 0) is 29.2 Å². The maximum atomic E-state index is 8.29. The molecule has 3 heteroatoms. The predicted octanol–water partition coefficient (Wildman–Crippen LogP) is 5.44. The van der Waals surface area contributed by atoms with Gasteiger partial charge in [-0.2, -0.15) is 0 Å². The summed E-state index contributed by atoms with van der Waals surface area (Å²) in [6.07, 6.45) is 1.00. The summed E-state index contributed by atoms with van der Waals surface area (Å²) in [6, 6.07) is 27.4. The third-order valence-electron chi connectivity index (χ3n) is 6.77. The molecule has 0 spiro atoms. The lowest BCUT2D eigenvalue weighted by molar-refractivity contribution is 0.0694. The Morgan fingerprint density at radius 2 is 1.69 bits per heavy atom. The standard InChI is InChI=1S/C26H21N3/c1-27-24-20-12-6-5-9-18(20)17-29-16-15-22-21-13-7-8-14-23(21)28-25(22)26(24,29)19-10-3-2-4-11-19/h2-14,24,28H,15-17H2/t24-,26+/m0/s1. The monoisotopic (exact) mass is 375 g/mol. The van der Waals surface area contributed by atoms with Gasteiger partial charge in [0.15, 0.2) is 5.54 Å². The van der Waals surface area contributed by atoms with E-state index in [9.17, 15) is 0 Å². The molecule has 0 radical (unpaired) electrons. The quantitative estimate of drug-likeness (QED) is 0.440. The molecule has 1 N–H and O–H groups in total. The average Bonchev–Trinajstić information content (AvgIpc) is 3.17. The second-order valence-corrected chi connectivity index (χ2v) is 8.06. The molecule has 2 aliphatic rings. The van der Waals surface area contributed by atoms with E-state index in [2.05, 4.69) is 93.6 Å². The highest BCUT2D eigenvalue weighted by Gasteiger charge is 2.58. The first-order valence-corrected chi connectivity index (χ1v) is 10.2. The van der Waals surface area contributed by atoms with Crippen LogP contribution < -0.4 is 0 Å². The Morgan fingerprint density at radius 1 is 0.931 bits per heavy atom. The summed E-state index contributed by atoms with van der Waals surface area (Å²) in [6.45, 7) is 10.1. The van der Waals surface area contributed by atoms with Gasteiger partial charge in [0.05, 0.1) is 5.69 Å². The number of nitrogens with zero attached hydrogens (tertiary/aromatic N) is 2. The molecular formula is C26H21N3. The number of aromatic nitrogens is 1. The Morgan fingerprint density at radius 3 is 2.55 bits per heavy atom. The van der Waals surface area contributed by atoms with E-state index >= 15 is 0 Å². The van der Waals surface area contributed by atoms with Crippen LogP contribution >= 0.6 is 0 Å². The zero-order valence-electron chi connectivity index (χ0n) is 16.1. The van der Waals surface area contributed by atoms with Crippen molar-refractivity contribution >= 4 is 10.9 Å². The highest BCUT2D eigenvalue weighted by Crippen LogP contribution is 2.55. The minimum Gasteiger partial charge on any atom is -0.356 e. The lowest BCUT2D eigenvalue weighted by Crippen LogP contribution is -2.56. The Hall–Kier alpha value is -3.35. The Labute approximate surface area is 170 Å². The molecule has 29 heavy (non-hydrogen) atoms. The minimum atomic E-state index is -0.496. The van der Waals surface area contributed by atoms with E-state index in [4.69, 9.17) is 6.57 Å². The van der Waals surface area contributed by atoms with Crippen molar-refractivity contribution in [3.05, 3.63) is 118 Å². The molecule has 0 aliphatic carbocycles. The second-order valence-electron chi connectivity index (χ2n) is 8.06. The van der Waals surface area contributed by atoms with Crippen molar-refractivity contribution in [1.82, 2.24) is 9.88 Å². The van der Waals surface area contributed by atoms with E-state index in [0.717, 1.165) is 30.6 Å². The van der Waals surface area contributed by atoms with Crippen LogP contribution in [0, 0.1) is 6.57 Å². The molecule has 3 nitrogen and oxygen atoms in total. The molecule has 140 valence electrons. The maximum Gasteiger partial charge on any atom is 0.276 e.